The molecule has 2 aliphatic rings. The molecule has 6 heteroatoms. The Bertz CT molecular complexity index is 678. The Balaban J connectivity index is 1.66. The van der Waals surface area contributed by atoms with E-state index in [2.05, 4.69) is 5.32 Å². The number of nitrogens with one attached hydrogen (secondary N) is 1. The molecule has 0 spiro atoms. The Morgan fingerprint density at radius 3 is 2.58 bits per heavy atom. The number of fused-ring (bicyclic) bond motifs is 1. The molecule has 2 heterocycles. The summed E-state index contributed by atoms with van der Waals surface area (Å²) in [5.74, 6) is 0.119. The zero-order chi connectivity index (χ0) is 17.3. The molecular formula is C18H23N3O3. The molecule has 6 nitrogen and oxygen atoms in total. The second kappa shape index (κ2) is 6.63. The van der Waals surface area contributed by atoms with Crippen molar-refractivity contribution < 1.29 is 14.4 Å². The average molecular weight is 329 g/mol. The quantitative estimate of drug-likeness (QED) is 0.897. The van der Waals surface area contributed by atoms with Gasteiger partial charge in [0.2, 0.25) is 11.8 Å². The van der Waals surface area contributed by atoms with Crippen LogP contribution in [-0.2, 0) is 16.0 Å². The van der Waals surface area contributed by atoms with Gasteiger partial charge in [-0.15, -0.1) is 0 Å². The molecule has 0 saturated carbocycles. The summed E-state index contributed by atoms with van der Waals surface area (Å²) >= 11 is 0. The highest BCUT2D eigenvalue weighted by atomic mass is 16.2. The van der Waals surface area contributed by atoms with Gasteiger partial charge in [-0.1, -0.05) is 0 Å². The molecule has 0 aromatic heterocycles. The Morgan fingerprint density at radius 1 is 1.21 bits per heavy atom. The van der Waals surface area contributed by atoms with Gasteiger partial charge in [0.15, 0.2) is 0 Å². The first kappa shape index (κ1) is 16.5. The summed E-state index contributed by atoms with van der Waals surface area (Å²) in [6, 6.07) is 5.70. The molecule has 0 radical (unpaired) electrons. The van der Waals surface area contributed by atoms with Crippen LogP contribution in [0.25, 0.3) is 0 Å². The SMILES string of the molecule is CC(=O)N(C)C1CCN(C(=O)c2ccc3c(c2)CCC(=O)N3)CC1. The monoisotopic (exact) mass is 329 g/mol. The third-order valence-corrected chi connectivity index (χ3v) is 5.04. The number of piperidine rings is 1. The molecule has 0 aliphatic carbocycles. The fraction of sp³-hybridized carbons (Fsp3) is 0.500. The van der Waals surface area contributed by atoms with E-state index in [0.29, 0.717) is 31.5 Å². The molecule has 3 rings (SSSR count). The lowest BCUT2D eigenvalue weighted by molar-refractivity contribution is -0.130. The van der Waals surface area contributed by atoms with Gasteiger partial charge in [-0.3, -0.25) is 14.4 Å². The van der Waals surface area contributed by atoms with E-state index in [0.717, 1.165) is 24.1 Å². The number of benzene rings is 1. The first-order chi connectivity index (χ1) is 11.5. The molecular weight excluding hydrogens is 306 g/mol. The summed E-state index contributed by atoms with van der Waals surface area (Å²) in [6.07, 6.45) is 2.76. The number of hydrogen-bond acceptors (Lipinski definition) is 3. The molecule has 1 aromatic rings. The fourth-order valence-corrected chi connectivity index (χ4v) is 3.41. The van der Waals surface area contributed by atoms with Crippen molar-refractivity contribution in [1.82, 2.24) is 9.80 Å². The molecule has 1 N–H and O–H groups in total. The summed E-state index contributed by atoms with van der Waals surface area (Å²) in [5.41, 5.74) is 2.50. The molecule has 24 heavy (non-hydrogen) atoms. The molecule has 0 atom stereocenters. The van der Waals surface area contributed by atoms with Crippen molar-refractivity contribution in [3.05, 3.63) is 29.3 Å². The van der Waals surface area contributed by atoms with Crippen molar-refractivity contribution in [3.63, 3.8) is 0 Å². The number of rotatable bonds is 2. The number of aryl methyl sites for hydroxylation is 1. The highest BCUT2D eigenvalue weighted by molar-refractivity contribution is 5.98. The zero-order valence-corrected chi connectivity index (χ0v) is 14.2. The van der Waals surface area contributed by atoms with E-state index in [1.165, 1.54) is 0 Å². The highest BCUT2D eigenvalue weighted by Gasteiger charge is 2.27. The predicted molar refractivity (Wildman–Crippen MR) is 90.8 cm³/mol. The number of likely N-dealkylation sites (tertiary alicyclic amines) is 1. The summed E-state index contributed by atoms with van der Waals surface area (Å²) in [5, 5.41) is 2.83. The average Bonchev–Trinajstić information content (AvgIpc) is 2.60. The van der Waals surface area contributed by atoms with Crippen molar-refractivity contribution in [3.8, 4) is 0 Å². The van der Waals surface area contributed by atoms with Gasteiger partial charge in [0.05, 0.1) is 0 Å². The summed E-state index contributed by atoms with van der Waals surface area (Å²) in [7, 11) is 1.82. The molecule has 0 bridgehead atoms. The summed E-state index contributed by atoms with van der Waals surface area (Å²) < 4.78 is 0. The lowest BCUT2D eigenvalue weighted by Gasteiger charge is -2.36. The number of carbonyl (C=O) groups is 3. The van der Waals surface area contributed by atoms with E-state index in [-0.39, 0.29) is 23.8 Å². The van der Waals surface area contributed by atoms with E-state index in [9.17, 15) is 14.4 Å². The minimum atomic E-state index is 0.0261. The van der Waals surface area contributed by atoms with Gasteiger partial charge in [-0.2, -0.15) is 0 Å². The van der Waals surface area contributed by atoms with Crippen molar-refractivity contribution in [2.24, 2.45) is 0 Å². The van der Waals surface area contributed by atoms with E-state index in [1.54, 1.807) is 17.9 Å². The maximum absolute atomic E-state index is 12.7. The largest absolute Gasteiger partial charge is 0.343 e. The Labute approximate surface area is 141 Å². The van der Waals surface area contributed by atoms with Crippen molar-refractivity contribution >= 4 is 23.4 Å². The van der Waals surface area contributed by atoms with Gasteiger partial charge in [-0.25, -0.2) is 0 Å². The van der Waals surface area contributed by atoms with Crippen molar-refractivity contribution in [2.45, 2.75) is 38.6 Å². The standard InChI is InChI=1S/C18H23N3O3/c1-12(22)20(2)15-7-9-21(10-8-15)18(24)14-3-5-16-13(11-14)4-6-17(23)19-16/h3,5,11,15H,4,6-10H2,1-2H3,(H,19,23). The van der Waals surface area contributed by atoms with Gasteiger partial charge in [-0.05, 0) is 43.0 Å². The summed E-state index contributed by atoms with van der Waals surface area (Å²) in [6.45, 7) is 2.90. The molecule has 1 saturated heterocycles. The van der Waals surface area contributed by atoms with E-state index < -0.39 is 0 Å². The van der Waals surface area contributed by atoms with Gasteiger partial charge < -0.3 is 15.1 Å². The molecule has 1 aromatic carbocycles. The normalized spacial score (nSPS) is 17.9. The minimum Gasteiger partial charge on any atom is -0.343 e. The number of hydrogen-bond donors (Lipinski definition) is 1. The van der Waals surface area contributed by atoms with Crippen LogP contribution >= 0.6 is 0 Å². The Hall–Kier alpha value is -2.37. The van der Waals surface area contributed by atoms with Crippen LogP contribution in [0.4, 0.5) is 5.69 Å². The maximum atomic E-state index is 12.7. The van der Waals surface area contributed by atoms with Gasteiger partial charge in [0.1, 0.15) is 0 Å². The van der Waals surface area contributed by atoms with Gasteiger partial charge >= 0.3 is 0 Å². The van der Waals surface area contributed by atoms with Crippen molar-refractivity contribution in [1.29, 1.82) is 0 Å². The second-order valence-corrected chi connectivity index (χ2v) is 6.57. The van der Waals surface area contributed by atoms with Crippen molar-refractivity contribution in [2.75, 3.05) is 25.5 Å². The van der Waals surface area contributed by atoms with Gasteiger partial charge in [0.25, 0.3) is 5.91 Å². The van der Waals surface area contributed by atoms with Crippen LogP contribution in [-0.4, -0.2) is 53.7 Å². The molecule has 2 aliphatic heterocycles. The van der Waals surface area contributed by atoms with Crippen LogP contribution in [0.2, 0.25) is 0 Å². The lowest BCUT2D eigenvalue weighted by Crippen LogP contribution is -2.46. The Morgan fingerprint density at radius 2 is 1.92 bits per heavy atom. The molecule has 1 fully saturated rings. The number of carbonyl (C=O) groups excluding carboxylic acids is 3. The summed E-state index contributed by atoms with van der Waals surface area (Å²) in [4.78, 5) is 39.2. The van der Waals surface area contributed by atoms with Crippen LogP contribution in [0, 0.1) is 0 Å². The fourth-order valence-electron chi connectivity index (χ4n) is 3.41. The lowest BCUT2D eigenvalue weighted by atomic mass is 9.98. The van der Waals surface area contributed by atoms with E-state index in [1.807, 2.05) is 24.1 Å². The van der Waals surface area contributed by atoms with E-state index in [4.69, 9.17) is 0 Å². The second-order valence-electron chi connectivity index (χ2n) is 6.57. The zero-order valence-electron chi connectivity index (χ0n) is 14.2. The maximum Gasteiger partial charge on any atom is 0.253 e. The number of amides is 3. The molecule has 128 valence electrons. The highest BCUT2D eigenvalue weighted by Crippen LogP contribution is 2.25. The minimum absolute atomic E-state index is 0.0261. The predicted octanol–water partition coefficient (Wildman–Crippen LogP) is 1.65. The number of anilines is 1. The number of nitrogens with zero attached hydrogens (tertiary/aromatic N) is 2. The Kier molecular flexibility index (Phi) is 4.55. The van der Waals surface area contributed by atoms with Crippen LogP contribution in [0.1, 0.15) is 42.1 Å². The van der Waals surface area contributed by atoms with Crippen LogP contribution in [0.15, 0.2) is 18.2 Å². The molecule has 3 amide bonds. The first-order valence-corrected chi connectivity index (χ1v) is 8.41. The third-order valence-electron chi connectivity index (χ3n) is 5.04. The first-order valence-electron chi connectivity index (χ1n) is 8.41. The van der Waals surface area contributed by atoms with Gasteiger partial charge in [0, 0.05) is 50.8 Å². The smallest absolute Gasteiger partial charge is 0.253 e. The topological polar surface area (TPSA) is 69.7 Å². The third kappa shape index (κ3) is 3.27. The van der Waals surface area contributed by atoms with Crippen LogP contribution in [0.3, 0.4) is 0 Å². The van der Waals surface area contributed by atoms with Crippen LogP contribution < -0.4 is 5.32 Å². The van der Waals surface area contributed by atoms with Crippen LogP contribution in [0.5, 0.6) is 0 Å². The van der Waals surface area contributed by atoms with E-state index >= 15 is 0 Å². The molecule has 0 unspecified atom stereocenters.